The third kappa shape index (κ3) is 6.72. The minimum atomic E-state index is -0.993. The van der Waals surface area contributed by atoms with E-state index in [4.69, 9.17) is 16.3 Å². The Labute approximate surface area is 213 Å². The van der Waals surface area contributed by atoms with Gasteiger partial charge in [0.25, 0.3) is 5.91 Å². The van der Waals surface area contributed by atoms with E-state index in [2.05, 4.69) is 32.5 Å². The number of hydrogen-bond donors (Lipinski definition) is 2. The number of nitrogens with one attached hydrogen (secondary N) is 2. The number of aromatic nitrogens is 1. The van der Waals surface area contributed by atoms with Crippen molar-refractivity contribution in [3.05, 3.63) is 70.3 Å². The molecule has 1 unspecified atom stereocenters. The second kappa shape index (κ2) is 11.5. The molecule has 0 saturated carbocycles. The Morgan fingerprint density at radius 1 is 1.14 bits per heavy atom. The molecular formula is C25H28ClN5O3S. The summed E-state index contributed by atoms with van der Waals surface area (Å²) >= 11 is 7.03. The fourth-order valence-corrected chi connectivity index (χ4v) is 4.90. The van der Waals surface area contributed by atoms with Gasteiger partial charge in [-0.15, -0.1) is 0 Å². The maximum absolute atomic E-state index is 13.2. The molecule has 2 aromatic heterocycles. The highest BCUT2D eigenvalue weighted by molar-refractivity contribution is 7.17. The summed E-state index contributed by atoms with van der Waals surface area (Å²) in [4.78, 5) is 34.6. The van der Waals surface area contributed by atoms with E-state index in [0.717, 1.165) is 49.5 Å². The predicted octanol–water partition coefficient (Wildman–Crippen LogP) is 4.72. The lowest BCUT2D eigenvalue weighted by molar-refractivity contribution is -0.118. The number of likely N-dealkylation sites (N-methyl/N-ethyl adjacent to an activating group) is 1. The van der Waals surface area contributed by atoms with Crippen molar-refractivity contribution < 1.29 is 14.3 Å². The van der Waals surface area contributed by atoms with Gasteiger partial charge in [-0.3, -0.25) is 9.78 Å². The Bertz CT molecular complexity index is 1170. The van der Waals surface area contributed by atoms with Crippen LogP contribution in [0.1, 0.15) is 23.6 Å². The van der Waals surface area contributed by atoms with Crippen molar-refractivity contribution in [1.29, 1.82) is 0 Å². The Morgan fingerprint density at radius 2 is 2.00 bits per heavy atom. The molecule has 4 rings (SSSR count). The van der Waals surface area contributed by atoms with Gasteiger partial charge in [-0.1, -0.05) is 29.0 Å². The summed E-state index contributed by atoms with van der Waals surface area (Å²) in [6.07, 6.45) is 3.50. The lowest BCUT2D eigenvalue weighted by Crippen LogP contribution is -2.38. The molecule has 1 saturated heterocycles. The summed E-state index contributed by atoms with van der Waals surface area (Å²) < 4.78 is 5.78. The number of aryl methyl sites for hydroxylation is 1. The number of rotatable bonds is 6. The molecule has 1 fully saturated rings. The molecule has 1 aliphatic rings. The zero-order chi connectivity index (χ0) is 24.8. The van der Waals surface area contributed by atoms with Gasteiger partial charge in [-0.25, -0.2) is 4.79 Å². The van der Waals surface area contributed by atoms with Crippen molar-refractivity contribution in [3.8, 4) is 5.06 Å². The molecule has 1 aromatic carbocycles. The van der Waals surface area contributed by atoms with Crippen molar-refractivity contribution in [3.63, 3.8) is 0 Å². The molecular weight excluding hydrogens is 486 g/mol. The van der Waals surface area contributed by atoms with E-state index in [-0.39, 0.29) is 0 Å². The number of amides is 2. The average Bonchev–Trinajstić information content (AvgIpc) is 3.12. The smallest absolute Gasteiger partial charge is 0.399 e. The van der Waals surface area contributed by atoms with Crippen LogP contribution < -0.4 is 20.3 Å². The molecule has 35 heavy (non-hydrogen) atoms. The number of anilines is 2. The van der Waals surface area contributed by atoms with Crippen molar-refractivity contribution in [2.75, 3.05) is 43.4 Å². The van der Waals surface area contributed by atoms with E-state index in [1.54, 1.807) is 30.5 Å². The Hall–Kier alpha value is -3.14. The van der Waals surface area contributed by atoms with Crippen molar-refractivity contribution >= 4 is 46.3 Å². The molecule has 3 heterocycles. The highest BCUT2D eigenvalue weighted by Crippen LogP contribution is 2.29. The molecule has 2 amide bonds. The highest BCUT2D eigenvalue weighted by atomic mass is 35.5. The quantitative estimate of drug-likeness (QED) is 0.496. The number of ether oxygens (including phenoxy) is 1. The maximum Gasteiger partial charge on any atom is 0.414 e. The number of carbonyl (C=O) groups is 2. The number of hydrogen-bond acceptors (Lipinski definition) is 7. The molecule has 0 radical (unpaired) electrons. The van der Waals surface area contributed by atoms with Crippen LogP contribution in [0, 0.1) is 6.92 Å². The van der Waals surface area contributed by atoms with Crippen LogP contribution in [0.2, 0.25) is 4.34 Å². The van der Waals surface area contributed by atoms with Gasteiger partial charge in [-0.2, -0.15) is 0 Å². The summed E-state index contributed by atoms with van der Waals surface area (Å²) in [5.41, 5.74) is 3.43. The Balaban J connectivity index is 1.47. The second-order valence-corrected chi connectivity index (χ2v) is 10.1. The van der Waals surface area contributed by atoms with E-state index in [1.807, 2.05) is 25.1 Å². The van der Waals surface area contributed by atoms with Gasteiger partial charge in [0, 0.05) is 49.0 Å². The lowest BCUT2D eigenvalue weighted by atomic mass is 10.1. The molecule has 1 atom stereocenters. The number of nitrogens with zero attached hydrogens (tertiary/aromatic N) is 3. The first-order valence-electron chi connectivity index (χ1n) is 11.4. The molecule has 0 spiro atoms. The van der Waals surface area contributed by atoms with Gasteiger partial charge in [0.2, 0.25) is 0 Å². The zero-order valence-electron chi connectivity index (χ0n) is 19.7. The maximum atomic E-state index is 13.2. The van der Waals surface area contributed by atoms with Crippen LogP contribution in [-0.4, -0.2) is 55.1 Å². The molecule has 0 aliphatic carbocycles. The van der Waals surface area contributed by atoms with Gasteiger partial charge in [-0.05, 0) is 68.9 Å². The van der Waals surface area contributed by atoms with Crippen LogP contribution in [0.3, 0.4) is 0 Å². The van der Waals surface area contributed by atoms with Crippen LogP contribution in [0.5, 0.6) is 5.06 Å². The molecule has 10 heteroatoms. The average molecular weight is 514 g/mol. The fourth-order valence-electron chi connectivity index (χ4n) is 4.03. The molecule has 8 nitrogen and oxygen atoms in total. The van der Waals surface area contributed by atoms with E-state index < -0.39 is 18.0 Å². The van der Waals surface area contributed by atoms with Crippen LogP contribution in [-0.2, 0) is 4.79 Å². The standard InChI is InChI=1S/C25H28ClN5O3S/c1-17-15-19(6-7-20(17)31-12-4-11-30(2)13-14-31)28-24(32)23(18-5-3-10-27-16-18)29-25(33)34-22-9-8-21(26)35-22/h3,5-10,15-16,23H,4,11-14H2,1-2H3,(H,28,32)(H,29,33). The number of pyridine rings is 1. The summed E-state index contributed by atoms with van der Waals surface area (Å²) in [7, 11) is 2.15. The van der Waals surface area contributed by atoms with E-state index in [1.165, 1.54) is 11.9 Å². The number of thiophene rings is 1. The second-order valence-electron chi connectivity index (χ2n) is 8.45. The van der Waals surface area contributed by atoms with Gasteiger partial charge in [0.1, 0.15) is 6.04 Å². The number of halogens is 1. The van der Waals surface area contributed by atoms with Crippen molar-refractivity contribution in [2.24, 2.45) is 0 Å². The fraction of sp³-hybridized carbons (Fsp3) is 0.320. The van der Waals surface area contributed by atoms with Gasteiger partial charge < -0.3 is 25.2 Å². The predicted molar refractivity (Wildman–Crippen MR) is 140 cm³/mol. The van der Waals surface area contributed by atoms with Crippen molar-refractivity contribution in [1.82, 2.24) is 15.2 Å². The van der Waals surface area contributed by atoms with Crippen LogP contribution >= 0.6 is 22.9 Å². The topological polar surface area (TPSA) is 86.8 Å². The summed E-state index contributed by atoms with van der Waals surface area (Å²) in [5, 5.41) is 5.90. The molecule has 1 aliphatic heterocycles. The molecule has 2 N–H and O–H groups in total. The number of benzene rings is 1. The Kier molecular flexibility index (Phi) is 8.22. The third-order valence-electron chi connectivity index (χ3n) is 5.81. The minimum absolute atomic E-state index is 0.337. The molecule has 184 valence electrons. The van der Waals surface area contributed by atoms with Crippen molar-refractivity contribution in [2.45, 2.75) is 19.4 Å². The van der Waals surface area contributed by atoms with Gasteiger partial charge in [0.05, 0.1) is 4.34 Å². The van der Waals surface area contributed by atoms with Crippen LogP contribution in [0.4, 0.5) is 16.2 Å². The first kappa shape index (κ1) is 25.0. The largest absolute Gasteiger partial charge is 0.414 e. The van der Waals surface area contributed by atoms with E-state index in [9.17, 15) is 9.59 Å². The summed E-state index contributed by atoms with van der Waals surface area (Å²) in [6.45, 7) is 6.12. The SMILES string of the molecule is Cc1cc(NC(=O)C(NC(=O)Oc2ccc(Cl)s2)c2cccnc2)ccc1N1CCCN(C)CC1. The minimum Gasteiger partial charge on any atom is -0.399 e. The molecule has 3 aromatic rings. The lowest BCUT2D eigenvalue weighted by Gasteiger charge is -2.25. The highest BCUT2D eigenvalue weighted by Gasteiger charge is 2.25. The Morgan fingerprint density at radius 3 is 2.71 bits per heavy atom. The first-order chi connectivity index (χ1) is 16.9. The van der Waals surface area contributed by atoms with Crippen LogP contribution in [0.25, 0.3) is 0 Å². The summed E-state index contributed by atoms with van der Waals surface area (Å²) in [5.74, 6) is -0.400. The van der Waals surface area contributed by atoms with E-state index >= 15 is 0 Å². The zero-order valence-corrected chi connectivity index (χ0v) is 21.2. The van der Waals surface area contributed by atoms with E-state index in [0.29, 0.717) is 20.7 Å². The monoisotopic (exact) mass is 513 g/mol. The van der Waals surface area contributed by atoms with Gasteiger partial charge in [0.15, 0.2) is 5.06 Å². The first-order valence-corrected chi connectivity index (χ1v) is 12.6. The summed E-state index contributed by atoms with van der Waals surface area (Å²) in [6, 6.07) is 11.6. The number of carbonyl (C=O) groups excluding carboxylic acids is 2. The molecule has 0 bridgehead atoms. The van der Waals surface area contributed by atoms with Crippen LogP contribution in [0.15, 0.2) is 54.9 Å². The normalized spacial score (nSPS) is 15.2. The third-order valence-corrected chi connectivity index (χ3v) is 6.92. The van der Waals surface area contributed by atoms with Gasteiger partial charge >= 0.3 is 6.09 Å².